The molecule has 0 unspecified atom stereocenters. The molecule has 2 bridgehead atoms. The lowest BCUT2D eigenvalue weighted by Crippen LogP contribution is -2.54. The van der Waals surface area contributed by atoms with Crippen molar-refractivity contribution in [1.29, 1.82) is 0 Å². The average Bonchev–Trinajstić information content (AvgIpc) is 2.75. The quantitative estimate of drug-likeness (QED) is 0.319. The zero-order valence-electron chi connectivity index (χ0n) is 19.4. The highest BCUT2D eigenvalue weighted by Gasteiger charge is 2.52. The summed E-state index contributed by atoms with van der Waals surface area (Å²) in [5.74, 6) is -0.924. The topological polar surface area (TPSA) is 82.1 Å². The second-order valence-electron chi connectivity index (χ2n) is 9.21. The Morgan fingerprint density at radius 1 is 1.39 bits per heavy atom. The van der Waals surface area contributed by atoms with Crippen LogP contribution in [0.25, 0.3) is 0 Å². The third-order valence-electron chi connectivity index (χ3n) is 6.98. The summed E-state index contributed by atoms with van der Waals surface area (Å²) in [7, 11) is 3.21. The normalized spacial score (nSPS) is 38.1. The summed E-state index contributed by atoms with van der Waals surface area (Å²) in [6, 6.07) is 0. The van der Waals surface area contributed by atoms with Crippen molar-refractivity contribution in [3.63, 3.8) is 0 Å². The van der Waals surface area contributed by atoms with Crippen molar-refractivity contribution in [3.8, 4) is 0 Å². The van der Waals surface area contributed by atoms with Crippen molar-refractivity contribution in [2.24, 2.45) is 17.3 Å². The number of aliphatic hydroxyl groups is 1. The monoisotopic (exact) mass is 548 g/mol. The van der Waals surface area contributed by atoms with Gasteiger partial charge in [-0.05, 0) is 53.8 Å². The van der Waals surface area contributed by atoms with Crippen LogP contribution in [0.2, 0.25) is 0 Å². The fourth-order valence-corrected chi connectivity index (χ4v) is 5.42. The van der Waals surface area contributed by atoms with E-state index in [2.05, 4.69) is 28.7 Å². The van der Waals surface area contributed by atoms with Crippen LogP contribution in [-0.4, -0.2) is 56.0 Å². The van der Waals surface area contributed by atoms with Crippen LogP contribution in [0.3, 0.4) is 0 Å². The van der Waals surface area contributed by atoms with Crippen molar-refractivity contribution in [3.05, 3.63) is 21.3 Å². The number of hydrogen-bond acceptors (Lipinski definition) is 6. The van der Waals surface area contributed by atoms with Gasteiger partial charge in [0.25, 0.3) is 0 Å². The molecule has 176 valence electrons. The lowest BCUT2D eigenvalue weighted by Gasteiger charge is -2.46. The van der Waals surface area contributed by atoms with E-state index < -0.39 is 23.5 Å². The molecule has 1 aliphatic carbocycles. The highest BCUT2D eigenvalue weighted by atomic mass is 127. The van der Waals surface area contributed by atoms with E-state index in [4.69, 9.17) is 14.2 Å². The molecule has 0 amide bonds. The number of esters is 1. The number of aliphatic hydroxyl groups excluding tert-OH is 1. The molecule has 1 heterocycles. The molecule has 6 atom stereocenters. The molecular formula is C24H37IO6. The Morgan fingerprint density at radius 3 is 2.71 bits per heavy atom. The molecule has 0 saturated heterocycles. The SMILES string of the molecule is COC/C1=C/C[C@@H](/C(C)=C/I)OC(=O)C[C@H](OC)[C@@]2(C)C[C@@H](CCC1)[C@H](O)[C@@H](C)C2=O. The molecule has 7 heteroatoms. The van der Waals surface area contributed by atoms with Crippen LogP contribution >= 0.6 is 22.6 Å². The lowest BCUT2D eigenvalue weighted by molar-refractivity contribution is -0.164. The van der Waals surface area contributed by atoms with Gasteiger partial charge in [-0.3, -0.25) is 9.59 Å². The van der Waals surface area contributed by atoms with Gasteiger partial charge in [0.15, 0.2) is 0 Å². The molecule has 31 heavy (non-hydrogen) atoms. The smallest absolute Gasteiger partial charge is 0.309 e. The molecule has 2 rings (SSSR count). The number of cyclic esters (lactones) is 1. The Balaban J connectivity index is 2.40. The van der Waals surface area contributed by atoms with Crippen LogP contribution in [0.15, 0.2) is 21.3 Å². The predicted molar refractivity (Wildman–Crippen MR) is 128 cm³/mol. The highest BCUT2D eigenvalue weighted by molar-refractivity contribution is 14.1. The molecule has 0 aromatic carbocycles. The van der Waals surface area contributed by atoms with Crippen LogP contribution in [0, 0.1) is 17.3 Å². The molecule has 1 N–H and O–H groups in total. The van der Waals surface area contributed by atoms with E-state index >= 15 is 0 Å². The molecule has 0 radical (unpaired) electrons. The van der Waals surface area contributed by atoms with Crippen LogP contribution in [0.4, 0.5) is 0 Å². The summed E-state index contributed by atoms with van der Waals surface area (Å²) in [5, 5.41) is 10.8. The summed E-state index contributed by atoms with van der Waals surface area (Å²) in [6.07, 6.45) is 4.13. The van der Waals surface area contributed by atoms with Gasteiger partial charge in [0.1, 0.15) is 11.9 Å². The number of hydrogen-bond donors (Lipinski definition) is 1. The zero-order valence-corrected chi connectivity index (χ0v) is 21.5. The number of carbonyl (C=O) groups is 2. The largest absolute Gasteiger partial charge is 0.457 e. The van der Waals surface area contributed by atoms with Crippen molar-refractivity contribution in [2.75, 3.05) is 20.8 Å². The van der Waals surface area contributed by atoms with Crippen LogP contribution < -0.4 is 0 Å². The van der Waals surface area contributed by atoms with E-state index in [1.807, 2.05) is 17.9 Å². The van der Waals surface area contributed by atoms with Gasteiger partial charge >= 0.3 is 5.97 Å². The standard InChI is InChI=1S/C24H37IO6/c1-15(13-25)19-10-9-17(14-29-4)7-6-8-18-12-24(3,23(28)16(2)22(18)27)20(30-5)11-21(26)31-19/h9,13,16,18-20,22,27H,6-8,10-12,14H2,1-5H3/b15-13+,17-9+/t16-,18-,19+,20+,22-,24-/m1/s1. The third kappa shape index (κ3) is 6.39. The fourth-order valence-electron chi connectivity index (χ4n) is 5.02. The molecular weight excluding hydrogens is 511 g/mol. The first-order chi connectivity index (χ1) is 14.7. The second-order valence-corrected chi connectivity index (χ2v) is 9.83. The first kappa shape index (κ1) is 26.5. The van der Waals surface area contributed by atoms with Gasteiger partial charge in [0, 0.05) is 26.6 Å². The maximum Gasteiger partial charge on any atom is 0.309 e. The minimum absolute atomic E-state index is 0.00788. The summed E-state index contributed by atoms with van der Waals surface area (Å²) in [6.45, 7) is 6.14. The van der Waals surface area contributed by atoms with E-state index in [9.17, 15) is 14.7 Å². The molecule has 0 aromatic rings. The molecule has 2 aliphatic rings. The van der Waals surface area contributed by atoms with Gasteiger partial charge in [-0.25, -0.2) is 0 Å². The number of fused-ring (bicyclic) bond motifs is 2. The molecule has 1 aliphatic heterocycles. The number of Topliss-reactive ketones (excluding diaryl/α,β-unsaturated/α-hetero) is 1. The van der Waals surface area contributed by atoms with Crippen molar-refractivity contribution < 1.29 is 28.9 Å². The number of carbonyl (C=O) groups excluding carboxylic acids is 2. The van der Waals surface area contributed by atoms with E-state index in [1.54, 1.807) is 14.0 Å². The second kappa shape index (κ2) is 11.9. The molecule has 1 fully saturated rings. The maximum absolute atomic E-state index is 13.2. The van der Waals surface area contributed by atoms with Gasteiger partial charge in [-0.2, -0.15) is 0 Å². The van der Waals surface area contributed by atoms with Gasteiger partial charge in [-0.1, -0.05) is 42.5 Å². The van der Waals surface area contributed by atoms with Crippen molar-refractivity contribution >= 4 is 34.3 Å². The van der Waals surface area contributed by atoms with Crippen LogP contribution in [0.5, 0.6) is 0 Å². The highest BCUT2D eigenvalue weighted by Crippen LogP contribution is 2.45. The zero-order chi connectivity index (χ0) is 23.2. The summed E-state index contributed by atoms with van der Waals surface area (Å²) < 4.78 is 18.8. The maximum atomic E-state index is 13.2. The van der Waals surface area contributed by atoms with E-state index in [0.717, 1.165) is 30.4 Å². The van der Waals surface area contributed by atoms with Gasteiger partial charge in [0.05, 0.1) is 30.7 Å². The summed E-state index contributed by atoms with van der Waals surface area (Å²) >= 11 is 2.16. The Kier molecular flexibility index (Phi) is 10.2. The van der Waals surface area contributed by atoms with Crippen LogP contribution in [0.1, 0.15) is 59.3 Å². The number of ether oxygens (including phenoxy) is 3. The first-order valence-electron chi connectivity index (χ1n) is 11.1. The van der Waals surface area contributed by atoms with E-state index in [1.165, 1.54) is 7.11 Å². The third-order valence-corrected chi connectivity index (χ3v) is 7.96. The lowest BCUT2D eigenvalue weighted by atomic mass is 9.60. The molecule has 6 nitrogen and oxygen atoms in total. The number of rotatable bonds is 4. The first-order valence-corrected chi connectivity index (χ1v) is 12.3. The molecule has 0 aromatic heterocycles. The Bertz CT molecular complexity index is 702. The Labute approximate surface area is 199 Å². The molecule has 1 saturated carbocycles. The van der Waals surface area contributed by atoms with Gasteiger partial charge in [0.2, 0.25) is 0 Å². The summed E-state index contributed by atoms with van der Waals surface area (Å²) in [5.41, 5.74) is 1.30. The van der Waals surface area contributed by atoms with Gasteiger partial charge in [-0.15, -0.1) is 0 Å². The predicted octanol–water partition coefficient (Wildman–Crippen LogP) is 4.38. The minimum Gasteiger partial charge on any atom is -0.457 e. The Hall–Kier alpha value is -0.770. The van der Waals surface area contributed by atoms with E-state index in [-0.39, 0.29) is 30.2 Å². The van der Waals surface area contributed by atoms with Crippen molar-refractivity contribution in [2.45, 2.75) is 77.6 Å². The Morgan fingerprint density at radius 2 is 2.10 bits per heavy atom. The fraction of sp³-hybridized carbons (Fsp3) is 0.750. The number of ketones is 1. The minimum atomic E-state index is -0.837. The van der Waals surface area contributed by atoms with E-state index in [0.29, 0.717) is 19.4 Å². The average molecular weight is 548 g/mol. The van der Waals surface area contributed by atoms with Crippen LogP contribution in [-0.2, 0) is 23.8 Å². The number of halogens is 1. The number of methoxy groups -OCH3 is 2. The molecule has 0 spiro atoms. The summed E-state index contributed by atoms with van der Waals surface area (Å²) in [4.78, 5) is 26.1. The van der Waals surface area contributed by atoms with Gasteiger partial charge < -0.3 is 19.3 Å². The van der Waals surface area contributed by atoms with Crippen molar-refractivity contribution in [1.82, 2.24) is 0 Å².